The number of nitrogens with zero attached hydrogens (tertiary/aromatic N) is 4. The van der Waals surface area contributed by atoms with Gasteiger partial charge >= 0.3 is 5.97 Å². The third-order valence-corrected chi connectivity index (χ3v) is 3.08. The van der Waals surface area contributed by atoms with E-state index in [1.807, 2.05) is 13.8 Å². The first-order chi connectivity index (χ1) is 9.97. The Kier molecular flexibility index (Phi) is 4.21. The summed E-state index contributed by atoms with van der Waals surface area (Å²) >= 11 is 0. The van der Waals surface area contributed by atoms with Crippen molar-refractivity contribution >= 4 is 5.97 Å². The summed E-state index contributed by atoms with van der Waals surface area (Å²) in [5.41, 5.74) is 1.41. The van der Waals surface area contributed by atoms with Gasteiger partial charge in [0.1, 0.15) is 5.69 Å². The van der Waals surface area contributed by atoms with Crippen LogP contribution in [0.4, 0.5) is 0 Å². The summed E-state index contributed by atoms with van der Waals surface area (Å²) in [6.07, 6.45) is 3.92. The molecule has 0 bridgehead atoms. The fourth-order valence-corrected chi connectivity index (χ4v) is 2.06. The molecule has 0 atom stereocenters. The number of aromatic nitrogens is 4. The van der Waals surface area contributed by atoms with Gasteiger partial charge in [-0.3, -0.25) is 9.48 Å². The lowest BCUT2D eigenvalue weighted by Gasteiger charge is -2.08. The summed E-state index contributed by atoms with van der Waals surface area (Å²) in [4.78, 5) is 24.1. The maximum absolute atomic E-state index is 12.2. The highest BCUT2D eigenvalue weighted by Crippen LogP contribution is 2.11. The third-order valence-electron chi connectivity index (χ3n) is 3.08. The minimum Gasteiger partial charge on any atom is -0.461 e. The molecular weight excluding hydrogens is 272 g/mol. The second-order valence-corrected chi connectivity index (χ2v) is 4.62. The zero-order chi connectivity index (χ0) is 15.6. The maximum atomic E-state index is 12.2. The van der Waals surface area contributed by atoms with Gasteiger partial charge in [0.25, 0.3) is 0 Å². The lowest BCUT2D eigenvalue weighted by molar-refractivity contribution is 0.0515. The van der Waals surface area contributed by atoms with E-state index in [0.717, 1.165) is 11.4 Å². The van der Waals surface area contributed by atoms with Crippen LogP contribution in [-0.2, 0) is 18.2 Å². The lowest BCUT2D eigenvalue weighted by Crippen LogP contribution is -2.26. The average molecular weight is 290 g/mol. The zero-order valence-electron chi connectivity index (χ0n) is 12.6. The van der Waals surface area contributed by atoms with Crippen LogP contribution in [0.1, 0.15) is 35.6 Å². The van der Waals surface area contributed by atoms with Crippen molar-refractivity contribution in [3.63, 3.8) is 0 Å². The van der Waals surface area contributed by atoms with E-state index in [-0.39, 0.29) is 17.7 Å². The number of carbonyl (C=O) groups is 1. The van der Waals surface area contributed by atoms with E-state index < -0.39 is 5.97 Å². The molecule has 7 nitrogen and oxygen atoms in total. The van der Waals surface area contributed by atoms with E-state index in [4.69, 9.17) is 4.74 Å². The molecule has 0 N–H and O–H groups in total. The molecule has 2 rings (SSSR count). The van der Waals surface area contributed by atoms with E-state index in [1.54, 1.807) is 31.0 Å². The van der Waals surface area contributed by atoms with E-state index in [0.29, 0.717) is 12.0 Å². The van der Waals surface area contributed by atoms with Crippen LogP contribution in [0.25, 0.3) is 5.69 Å². The maximum Gasteiger partial charge on any atom is 0.362 e. The van der Waals surface area contributed by atoms with Gasteiger partial charge in [-0.2, -0.15) is 10.2 Å². The Labute approximate surface area is 122 Å². The quantitative estimate of drug-likeness (QED) is 0.785. The second kappa shape index (κ2) is 5.90. The molecule has 0 fully saturated rings. The van der Waals surface area contributed by atoms with Gasteiger partial charge in [0.2, 0.25) is 11.1 Å². The highest BCUT2D eigenvalue weighted by molar-refractivity contribution is 5.87. The van der Waals surface area contributed by atoms with Crippen molar-refractivity contribution in [3.8, 4) is 5.69 Å². The van der Waals surface area contributed by atoms with Crippen LogP contribution in [0.3, 0.4) is 0 Å². The summed E-state index contributed by atoms with van der Waals surface area (Å²) in [6, 6.07) is 0. The van der Waals surface area contributed by atoms with Crippen molar-refractivity contribution in [2.75, 3.05) is 6.61 Å². The minimum absolute atomic E-state index is 0.195. The normalized spacial score (nSPS) is 10.7. The number of rotatable bonds is 4. The highest BCUT2D eigenvalue weighted by atomic mass is 16.5. The van der Waals surface area contributed by atoms with Gasteiger partial charge in [0.15, 0.2) is 0 Å². The first kappa shape index (κ1) is 15.0. The number of esters is 1. The van der Waals surface area contributed by atoms with Gasteiger partial charge < -0.3 is 4.74 Å². The van der Waals surface area contributed by atoms with E-state index in [2.05, 4.69) is 10.2 Å². The summed E-state index contributed by atoms with van der Waals surface area (Å²) in [5, 5.41) is 8.36. The largest absolute Gasteiger partial charge is 0.461 e. The molecule has 0 aromatic carbocycles. The number of aryl methyl sites for hydroxylation is 3. The van der Waals surface area contributed by atoms with Crippen LogP contribution in [0, 0.1) is 6.92 Å². The SMILES string of the molecule is CCOC(=O)c1nn(-c2cn(C)nc2C)cc(CC)c1=O. The lowest BCUT2D eigenvalue weighted by atomic mass is 10.2. The molecule has 0 saturated carbocycles. The first-order valence-corrected chi connectivity index (χ1v) is 6.78. The fraction of sp³-hybridized carbons (Fsp3) is 0.429. The van der Waals surface area contributed by atoms with Gasteiger partial charge in [-0.05, 0) is 20.3 Å². The number of ether oxygens (including phenoxy) is 1. The number of hydrogen-bond donors (Lipinski definition) is 0. The molecule has 0 amide bonds. The van der Waals surface area contributed by atoms with Crippen LogP contribution in [0.15, 0.2) is 17.2 Å². The molecule has 7 heteroatoms. The average Bonchev–Trinajstić information content (AvgIpc) is 2.78. The van der Waals surface area contributed by atoms with E-state index in [9.17, 15) is 9.59 Å². The monoisotopic (exact) mass is 290 g/mol. The van der Waals surface area contributed by atoms with Crippen molar-refractivity contribution in [2.24, 2.45) is 7.05 Å². The standard InChI is InChI=1S/C14H18N4O3/c1-5-10-7-18(11-8-17(4)15-9(11)3)16-12(13(10)19)14(20)21-6-2/h7-8H,5-6H2,1-4H3. The Morgan fingerprint density at radius 2 is 2.00 bits per heavy atom. The molecule has 0 aliphatic carbocycles. The van der Waals surface area contributed by atoms with Crippen molar-refractivity contribution in [3.05, 3.63) is 39.6 Å². The number of carbonyl (C=O) groups excluding carboxylic acids is 1. The predicted octanol–water partition coefficient (Wildman–Crippen LogP) is 1.01. The molecule has 2 heterocycles. The Morgan fingerprint density at radius 3 is 2.52 bits per heavy atom. The Bertz CT molecular complexity index is 730. The van der Waals surface area contributed by atoms with E-state index in [1.165, 1.54) is 4.68 Å². The van der Waals surface area contributed by atoms with Crippen LogP contribution in [0.5, 0.6) is 0 Å². The minimum atomic E-state index is -0.701. The van der Waals surface area contributed by atoms with Crippen molar-refractivity contribution in [1.82, 2.24) is 19.6 Å². The zero-order valence-corrected chi connectivity index (χ0v) is 12.6. The van der Waals surface area contributed by atoms with Gasteiger partial charge in [0.05, 0.1) is 18.5 Å². The molecule has 0 aliphatic heterocycles. The van der Waals surface area contributed by atoms with Crippen LogP contribution < -0.4 is 5.43 Å². The molecule has 0 spiro atoms. The second-order valence-electron chi connectivity index (χ2n) is 4.62. The number of hydrogen-bond acceptors (Lipinski definition) is 5. The summed E-state index contributed by atoms with van der Waals surface area (Å²) in [7, 11) is 1.80. The summed E-state index contributed by atoms with van der Waals surface area (Å²) in [5.74, 6) is -0.701. The summed E-state index contributed by atoms with van der Waals surface area (Å²) in [6.45, 7) is 5.57. The Morgan fingerprint density at radius 1 is 1.29 bits per heavy atom. The smallest absolute Gasteiger partial charge is 0.362 e. The summed E-state index contributed by atoms with van der Waals surface area (Å²) < 4.78 is 8.06. The van der Waals surface area contributed by atoms with E-state index >= 15 is 0 Å². The van der Waals surface area contributed by atoms with Crippen molar-refractivity contribution in [1.29, 1.82) is 0 Å². The van der Waals surface area contributed by atoms with Crippen molar-refractivity contribution < 1.29 is 9.53 Å². The molecule has 112 valence electrons. The van der Waals surface area contributed by atoms with Crippen LogP contribution in [-0.4, -0.2) is 32.1 Å². The molecule has 2 aromatic heterocycles. The van der Waals surface area contributed by atoms with Gasteiger partial charge in [-0.1, -0.05) is 6.92 Å². The predicted molar refractivity (Wildman–Crippen MR) is 76.7 cm³/mol. The molecule has 0 unspecified atom stereocenters. The molecule has 0 aliphatic rings. The first-order valence-electron chi connectivity index (χ1n) is 6.78. The van der Waals surface area contributed by atoms with Gasteiger partial charge in [-0.25, -0.2) is 9.48 Å². The molecule has 21 heavy (non-hydrogen) atoms. The molecule has 0 saturated heterocycles. The van der Waals surface area contributed by atoms with Gasteiger partial charge in [0, 0.05) is 18.8 Å². The Hall–Kier alpha value is -2.44. The highest BCUT2D eigenvalue weighted by Gasteiger charge is 2.19. The Balaban J connectivity index is 2.63. The fourth-order valence-electron chi connectivity index (χ4n) is 2.06. The molecule has 2 aromatic rings. The van der Waals surface area contributed by atoms with Crippen LogP contribution in [0.2, 0.25) is 0 Å². The van der Waals surface area contributed by atoms with Gasteiger partial charge in [-0.15, -0.1) is 0 Å². The van der Waals surface area contributed by atoms with Crippen molar-refractivity contribution in [2.45, 2.75) is 27.2 Å². The topological polar surface area (TPSA) is 79.0 Å². The molecule has 0 radical (unpaired) electrons. The van der Waals surface area contributed by atoms with Crippen LogP contribution >= 0.6 is 0 Å². The molecular formula is C14H18N4O3. The third kappa shape index (κ3) is 2.86.